The molecule has 7 nitrogen and oxygen atoms in total. The second-order valence-electron chi connectivity index (χ2n) is 9.84. The van der Waals surface area contributed by atoms with Gasteiger partial charge in [-0.25, -0.2) is 0 Å². The van der Waals surface area contributed by atoms with E-state index in [1.807, 2.05) is 66.7 Å². The highest BCUT2D eigenvalue weighted by Crippen LogP contribution is 2.38. The van der Waals surface area contributed by atoms with Crippen LogP contribution in [0.5, 0.6) is 0 Å². The van der Waals surface area contributed by atoms with Crippen molar-refractivity contribution in [1.29, 1.82) is 0 Å². The number of carbonyl (C=O) groups excluding carboxylic acids is 1. The van der Waals surface area contributed by atoms with Crippen molar-refractivity contribution in [3.63, 3.8) is 0 Å². The fourth-order valence-electron chi connectivity index (χ4n) is 4.97. The molecule has 0 radical (unpaired) electrons. The molecule has 3 N–H and O–H groups in total. The van der Waals surface area contributed by atoms with Crippen LogP contribution in [0.2, 0.25) is 0 Å². The van der Waals surface area contributed by atoms with Gasteiger partial charge in [-0.15, -0.1) is 0 Å². The average Bonchev–Trinajstić information content (AvgIpc) is 3.36. The smallest absolute Gasteiger partial charge is 0.251 e. The summed E-state index contributed by atoms with van der Waals surface area (Å²) in [4.78, 5) is 14.6. The second kappa shape index (κ2) is 12.0. The van der Waals surface area contributed by atoms with E-state index in [4.69, 9.17) is 9.47 Å². The summed E-state index contributed by atoms with van der Waals surface area (Å²) in [5.74, 6) is -0.103. The van der Waals surface area contributed by atoms with Gasteiger partial charge in [0.2, 0.25) is 0 Å². The van der Waals surface area contributed by atoms with Crippen molar-refractivity contribution in [2.24, 2.45) is 0 Å². The first-order valence-corrected chi connectivity index (χ1v) is 12.9. The van der Waals surface area contributed by atoms with Crippen LogP contribution in [0.15, 0.2) is 78.9 Å². The van der Waals surface area contributed by atoms with E-state index in [0.717, 1.165) is 41.8 Å². The number of aliphatic hydroxyl groups is 2. The predicted octanol–water partition coefficient (Wildman–Crippen LogP) is 3.72. The molecule has 4 unspecified atom stereocenters. The molecule has 194 valence electrons. The Bertz CT molecular complexity index is 1150. The Hall–Kier alpha value is -3.07. The molecule has 5 rings (SSSR count). The van der Waals surface area contributed by atoms with Crippen LogP contribution < -0.4 is 5.32 Å². The molecule has 2 heterocycles. The van der Waals surface area contributed by atoms with Gasteiger partial charge in [0.1, 0.15) is 0 Å². The minimum absolute atomic E-state index is 0.00953. The fourth-order valence-corrected chi connectivity index (χ4v) is 4.97. The lowest BCUT2D eigenvalue weighted by atomic mass is 9.99. The summed E-state index contributed by atoms with van der Waals surface area (Å²) in [6, 6.07) is 25.0. The lowest BCUT2D eigenvalue weighted by Gasteiger charge is -2.37. The quantitative estimate of drug-likeness (QED) is 0.435. The van der Waals surface area contributed by atoms with Gasteiger partial charge >= 0.3 is 0 Å². The zero-order valence-electron chi connectivity index (χ0n) is 20.8. The third-order valence-corrected chi connectivity index (χ3v) is 7.07. The van der Waals surface area contributed by atoms with E-state index in [-0.39, 0.29) is 30.8 Å². The summed E-state index contributed by atoms with van der Waals surface area (Å²) in [5, 5.41) is 22.3. The number of rotatable bonds is 8. The summed E-state index contributed by atoms with van der Waals surface area (Å²) in [6.45, 7) is 2.72. The molecular weight excluding hydrogens is 468 g/mol. The lowest BCUT2D eigenvalue weighted by molar-refractivity contribution is -0.252. The van der Waals surface area contributed by atoms with Gasteiger partial charge in [0.25, 0.3) is 5.91 Å². The number of hydrogen-bond acceptors (Lipinski definition) is 6. The Morgan fingerprint density at radius 3 is 2.30 bits per heavy atom. The summed E-state index contributed by atoms with van der Waals surface area (Å²) in [7, 11) is 0. The maximum absolute atomic E-state index is 12.4. The van der Waals surface area contributed by atoms with E-state index in [1.54, 1.807) is 12.1 Å². The van der Waals surface area contributed by atoms with Crippen LogP contribution in [0, 0.1) is 0 Å². The van der Waals surface area contributed by atoms with Crippen LogP contribution >= 0.6 is 0 Å². The van der Waals surface area contributed by atoms with Gasteiger partial charge in [-0.05, 0) is 35.2 Å². The van der Waals surface area contributed by atoms with E-state index in [1.165, 1.54) is 0 Å². The number of amides is 1. The maximum Gasteiger partial charge on any atom is 0.251 e. The summed E-state index contributed by atoms with van der Waals surface area (Å²) < 4.78 is 12.8. The van der Waals surface area contributed by atoms with Crippen LogP contribution in [0.4, 0.5) is 0 Å². The number of carbonyl (C=O) groups is 1. The van der Waals surface area contributed by atoms with Gasteiger partial charge in [-0.1, -0.05) is 66.7 Å². The second-order valence-corrected chi connectivity index (χ2v) is 9.84. The minimum Gasteiger partial charge on any atom is -0.392 e. The highest BCUT2D eigenvalue weighted by Gasteiger charge is 2.34. The first-order valence-electron chi connectivity index (χ1n) is 12.9. The molecule has 2 fully saturated rings. The summed E-state index contributed by atoms with van der Waals surface area (Å²) in [5.41, 5.74) is 4.46. The van der Waals surface area contributed by atoms with Gasteiger partial charge in [0.05, 0.1) is 24.9 Å². The molecule has 0 spiro atoms. The Morgan fingerprint density at radius 2 is 1.62 bits per heavy atom. The highest BCUT2D eigenvalue weighted by molar-refractivity contribution is 5.94. The molecule has 0 saturated carbocycles. The molecular formula is C30H34N2O5. The van der Waals surface area contributed by atoms with Gasteiger partial charge < -0.3 is 25.0 Å². The van der Waals surface area contributed by atoms with Crippen molar-refractivity contribution < 1.29 is 24.5 Å². The van der Waals surface area contributed by atoms with Gasteiger partial charge in [-0.2, -0.15) is 0 Å². The monoisotopic (exact) mass is 502 g/mol. The Balaban J connectivity index is 1.26. The Kier molecular flexibility index (Phi) is 8.28. The molecule has 3 aromatic rings. The van der Waals surface area contributed by atoms with Gasteiger partial charge in [0, 0.05) is 43.7 Å². The molecule has 0 aliphatic carbocycles. The number of nitrogens with zero attached hydrogens (tertiary/aromatic N) is 1. The third kappa shape index (κ3) is 6.63. The van der Waals surface area contributed by atoms with Crippen molar-refractivity contribution in [2.75, 3.05) is 19.6 Å². The van der Waals surface area contributed by atoms with Crippen molar-refractivity contribution in [1.82, 2.24) is 10.2 Å². The van der Waals surface area contributed by atoms with Crippen molar-refractivity contribution >= 4 is 5.91 Å². The summed E-state index contributed by atoms with van der Waals surface area (Å²) in [6.07, 6.45) is 0.519. The zero-order valence-corrected chi connectivity index (χ0v) is 20.8. The molecule has 7 heteroatoms. The van der Waals surface area contributed by atoms with Crippen molar-refractivity contribution in [3.05, 3.63) is 107 Å². The number of benzene rings is 3. The number of nitrogens with one attached hydrogen (secondary N) is 1. The SMILES string of the molecule is O=C(NCc1ccc(C2OC(CN3CCC(O)C3)CC(c3ccc(CO)cc3)O2)cc1)c1ccccc1. The van der Waals surface area contributed by atoms with Crippen LogP contribution in [-0.4, -0.2) is 52.9 Å². The number of likely N-dealkylation sites (tertiary alicyclic amines) is 1. The summed E-state index contributed by atoms with van der Waals surface area (Å²) >= 11 is 0. The molecule has 2 saturated heterocycles. The predicted molar refractivity (Wildman–Crippen MR) is 140 cm³/mol. The number of aliphatic hydroxyl groups excluding tert-OH is 2. The Labute approximate surface area is 217 Å². The first kappa shape index (κ1) is 25.6. The third-order valence-electron chi connectivity index (χ3n) is 7.07. The van der Waals surface area contributed by atoms with Gasteiger partial charge in [0.15, 0.2) is 6.29 Å². The molecule has 0 bridgehead atoms. The van der Waals surface area contributed by atoms with Crippen LogP contribution in [0.1, 0.15) is 57.8 Å². The van der Waals surface area contributed by atoms with Crippen molar-refractivity contribution in [2.45, 2.75) is 50.6 Å². The van der Waals surface area contributed by atoms with Crippen LogP contribution in [-0.2, 0) is 22.6 Å². The topological polar surface area (TPSA) is 91.3 Å². The lowest BCUT2D eigenvalue weighted by Crippen LogP contribution is -2.38. The van der Waals surface area contributed by atoms with E-state index >= 15 is 0 Å². The fraction of sp³-hybridized carbons (Fsp3) is 0.367. The molecule has 3 aromatic carbocycles. The molecule has 0 aromatic heterocycles. The van der Waals surface area contributed by atoms with Gasteiger partial charge in [-0.3, -0.25) is 9.69 Å². The van der Waals surface area contributed by atoms with E-state index in [2.05, 4.69) is 10.2 Å². The van der Waals surface area contributed by atoms with Crippen LogP contribution in [0.25, 0.3) is 0 Å². The van der Waals surface area contributed by atoms with Crippen LogP contribution in [0.3, 0.4) is 0 Å². The molecule has 4 atom stereocenters. The van der Waals surface area contributed by atoms with E-state index in [9.17, 15) is 15.0 Å². The maximum atomic E-state index is 12.4. The zero-order chi connectivity index (χ0) is 25.6. The molecule has 37 heavy (non-hydrogen) atoms. The minimum atomic E-state index is -0.526. The molecule has 2 aliphatic heterocycles. The van der Waals surface area contributed by atoms with Crippen molar-refractivity contribution in [3.8, 4) is 0 Å². The number of β-amino-alcohol motifs (C(OH)–C–C–N with tert-alkyl or cyclic N) is 1. The molecule has 1 amide bonds. The Morgan fingerprint density at radius 1 is 0.919 bits per heavy atom. The molecule has 2 aliphatic rings. The number of hydrogen-bond donors (Lipinski definition) is 3. The van der Waals surface area contributed by atoms with E-state index in [0.29, 0.717) is 25.1 Å². The first-order chi connectivity index (χ1) is 18.1. The normalized spacial score (nSPS) is 24.2. The van der Waals surface area contributed by atoms with E-state index < -0.39 is 6.29 Å². The highest BCUT2D eigenvalue weighted by atomic mass is 16.7. The average molecular weight is 503 g/mol. The largest absolute Gasteiger partial charge is 0.392 e. The standard InChI is InChI=1S/C30H34N2O5/c33-20-22-8-10-23(11-9-22)28-16-27(19-32-15-14-26(34)18-32)36-30(37-28)25-12-6-21(7-13-25)17-31-29(35)24-4-2-1-3-5-24/h1-13,26-28,30,33-34H,14-20H2,(H,31,35). The number of ether oxygens (including phenoxy) is 2.